The van der Waals surface area contributed by atoms with E-state index in [2.05, 4.69) is 0 Å². The summed E-state index contributed by atoms with van der Waals surface area (Å²) in [5.74, 6) is 0. The third-order valence-electron chi connectivity index (χ3n) is 1.73. The first kappa shape index (κ1) is 10.2. The Hall–Kier alpha value is -1.91. The molecule has 14 heavy (non-hydrogen) atoms. The third kappa shape index (κ3) is 2.55. The van der Waals surface area contributed by atoms with E-state index in [4.69, 9.17) is 0 Å². The summed E-state index contributed by atoms with van der Waals surface area (Å²) in [6, 6.07) is 6.23. The molecule has 0 aliphatic carbocycles. The average molecular weight is 194 g/mol. The molecular formula is C9H10N2O3. The van der Waals surface area contributed by atoms with Crippen molar-refractivity contribution in [2.45, 2.75) is 6.54 Å². The van der Waals surface area contributed by atoms with Crippen molar-refractivity contribution in [2.24, 2.45) is 0 Å². The van der Waals surface area contributed by atoms with Crippen LogP contribution in [0, 0.1) is 10.1 Å². The molecule has 0 N–H and O–H groups in total. The van der Waals surface area contributed by atoms with E-state index in [1.54, 1.807) is 19.2 Å². The van der Waals surface area contributed by atoms with Gasteiger partial charge in [-0.15, -0.1) is 0 Å². The second-order valence-electron chi connectivity index (χ2n) is 2.95. The molecule has 0 saturated heterocycles. The molecule has 5 nitrogen and oxygen atoms in total. The Kier molecular flexibility index (Phi) is 3.17. The summed E-state index contributed by atoms with van der Waals surface area (Å²) in [6.07, 6.45) is 0.679. The monoisotopic (exact) mass is 194 g/mol. The predicted octanol–water partition coefficient (Wildman–Crippen LogP) is 1.18. The smallest absolute Gasteiger partial charge is 0.269 e. The second-order valence-corrected chi connectivity index (χ2v) is 2.95. The minimum atomic E-state index is -0.454. The van der Waals surface area contributed by atoms with Gasteiger partial charge in [0, 0.05) is 25.7 Å². The standard InChI is InChI=1S/C9H10N2O3/c1-10(7-12)6-8-3-2-4-9(5-8)11(13)14/h2-5,7H,6H2,1H3. The summed E-state index contributed by atoms with van der Waals surface area (Å²) in [4.78, 5) is 21.7. The lowest BCUT2D eigenvalue weighted by Crippen LogP contribution is -2.14. The predicted molar refractivity (Wildman–Crippen MR) is 50.6 cm³/mol. The van der Waals surface area contributed by atoms with Gasteiger partial charge in [-0.1, -0.05) is 12.1 Å². The van der Waals surface area contributed by atoms with Crippen LogP contribution in [0.25, 0.3) is 0 Å². The van der Waals surface area contributed by atoms with Gasteiger partial charge in [0.05, 0.1) is 4.92 Å². The van der Waals surface area contributed by atoms with E-state index in [1.165, 1.54) is 17.0 Å². The number of nitro groups is 1. The fourth-order valence-corrected chi connectivity index (χ4v) is 1.09. The van der Waals surface area contributed by atoms with Gasteiger partial charge < -0.3 is 4.90 Å². The van der Waals surface area contributed by atoms with Crippen LogP contribution in [0.3, 0.4) is 0 Å². The topological polar surface area (TPSA) is 63.5 Å². The van der Waals surface area contributed by atoms with E-state index in [0.29, 0.717) is 13.0 Å². The molecular weight excluding hydrogens is 184 g/mol. The molecule has 0 atom stereocenters. The highest BCUT2D eigenvalue weighted by Crippen LogP contribution is 2.13. The highest BCUT2D eigenvalue weighted by atomic mass is 16.6. The second kappa shape index (κ2) is 4.36. The van der Waals surface area contributed by atoms with E-state index in [1.807, 2.05) is 0 Å². The summed E-state index contributed by atoms with van der Waals surface area (Å²) in [5, 5.41) is 10.4. The molecule has 1 amide bonds. The zero-order chi connectivity index (χ0) is 10.6. The average Bonchev–Trinajstić information content (AvgIpc) is 2.18. The van der Waals surface area contributed by atoms with E-state index in [0.717, 1.165) is 5.56 Å². The normalized spacial score (nSPS) is 9.50. The molecule has 0 bridgehead atoms. The molecule has 0 radical (unpaired) electrons. The maximum atomic E-state index is 10.4. The number of hydrogen-bond donors (Lipinski definition) is 0. The SMILES string of the molecule is CN(C=O)Cc1cccc([N+](=O)[O-])c1. The van der Waals surface area contributed by atoms with Gasteiger partial charge >= 0.3 is 0 Å². The van der Waals surface area contributed by atoms with Gasteiger partial charge in [-0.25, -0.2) is 0 Å². The number of carbonyl (C=O) groups is 1. The first-order valence-corrected chi connectivity index (χ1v) is 4.02. The lowest BCUT2D eigenvalue weighted by atomic mass is 10.2. The molecule has 0 aromatic heterocycles. The Labute approximate surface area is 81.1 Å². The van der Waals surface area contributed by atoms with Gasteiger partial charge in [0.25, 0.3) is 5.69 Å². The summed E-state index contributed by atoms with van der Waals surface area (Å²) in [7, 11) is 1.62. The minimum absolute atomic E-state index is 0.0433. The van der Waals surface area contributed by atoms with Crippen molar-refractivity contribution in [1.82, 2.24) is 4.90 Å². The number of amides is 1. The molecule has 1 aromatic carbocycles. The molecule has 74 valence electrons. The zero-order valence-corrected chi connectivity index (χ0v) is 7.71. The van der Waals surface area contributed by atoms with Crippen molar-refractivity contribution in [1.29, 1.82) is 0 Å². The first-order valence-electron chi connectivity index (χ1n) is 4.02. The Morgan fingerprint density at radius 1 is 1.57 bits per heavy atom. The maximum absolute atomic E-state index is 10.4. The van der Waals surface area contributed by atoms with Crippen molar-refractivity contribution < 1.29 is 9.72 Å². The molecule has 0 fully saturated rings. The Morgan fingerprint density at radius 2 is 2.29 bits per heavy atom. The molecule has 0 heterocycles. The van der Waals surface area contributed by atoms with Crippen LogP contribution in [0.15, 0.2) is 24.3 Å². The van der Waals surface area contributed by atoms with Crippen LogP contribution in [0.1, 0.15) is 5.56 Å². The zero-order valence-electron chi connectivity index (χ0n) is 7.71. The lowest BCUT2D eigenvalue weighted by Gasteiger charge is -2.09. The minimum Gasteiger partial charge on any atom is -0.344 e. The number of nitrogens with zero attached hydrogens (tertiary/aromatic N) is 2. The van der Waals surface area contributed by atoms with Gasteiger partial charge in [-0.3, -0.25) is 14.9 Å². The van der Waals surface area contributed by atoms with Crippen LogP contribution in [0.5, 0.6) is 0 Å². The van der Waals surface area contributed by atoms with Gasteiger partial charge in [-0.2, -0.15) is 0 Å². The number of rotatable bonds is 4. The van der Waals surface area contributed by atoms with Crippen molar-refractivity contribution >= 4 is 12.1 Å². The van der Waals surface area contributed by atoms with E-state index in [-0.39, 0.29) is 5.69 Å². The third-order valence-corrected chi connectivity index (χ3v) is 1.73. The molecule has 0 spiro atoms. The Morgan fingerprint density at radius 3 is 2.86 bits per heavy atom. The van der Waals surface area contributed by atoms with E-state index in [9.17, 15) is 14.9 Å². The van der Waals surface area contributed by atoms with Crippen molar-refractivity contribution in [3.8, 4) is 0 Å². The van der Waals surface area contributed by atoms with Crippen LogP contribution in [0.2, 0.25) is 0 Å². The molecule has 0 unspecified atom stereocenters. The van der Waals surface area contributed by atoms with Crippen LogP contribution < -0.4 is 0 Å². The highest BCUT2D eigenvalue weighted by molar-refractivity contribution is 5.47. The Bertz CT molecular complexity index is 352. The van der Waals surface area contributed by atoms with Crippen LogP contribution >= 0.6 is 0 Å². The Balaban J connectivity index is 2.83. The molecule has 1 rings (SSSR count). The first-order chi connectivity index (χ1) is 6.63. The van der Waals surface area contributed by atoms with Gasteiger partial charge in [0.15, 0.2) is 0 Å². The molecule has 1 aromatic rings. The molecule has 5 heteroatoms. The van der Waals surface area contributed by atoms with Crippen molar-refractivity contribution in [2.75, 3.05) is 7.05 Å². The maximum Gasteiger partial charge on any atom is 0.269 e. The lowest BCUT2D eigenvalue weighted by molar-refractivity contribution is -0.384. The van der Waals surface area contributed by atoms with Crippen molar-refractivity contribution in [3.05, 3.63) is 39.9 Å². The fraction of sp³-hybridized carbons (Fsp3) is 0.222. The van der Waals surface area contributed by atoms with Crippen LogP contribution in [-0.2, 0) is 11.3 Å². The number of carbonyl (C=O) groups excluding carboxylic acids is 1. The molecule has 0 aliphatic heterocycles. The fourth-order valence-electron chi connectivity index (χ4n) is 1.09. The summed E-state index contributed by atoms with van der Waals surface area (Å²) in [6.45, 7) is 0.380. The highest BCUT2D eigenvalue weighted by Gasteiger charge is 2.06. The quantitative estimate of drug-likeness (QED) is 0.410. The largest absolute Gasteiger partial charge is 0.344 e. The number of benzene rings is 1. The van der Waals surface area contributed by atoms with Crippen LogP contribution in [-0.4, -0.2) is 23.3 Å². The van der Waals surface area contributed by atoms with Gasteiger partial charge in [0.1, 0.15) is 0 Å². The summed E-state index contributed by atoms with van der Waals surface area (Å²) < 4.78 is 0. The molecule has 0 aliphatic rings. The summed E-state index contributed by atoms with van der Waals surface area (Å²) >= 11 is 0. The van der Waals surface area contributed by atoms with Crippen LogP contribution in [0.4, 0.5) is 5.69 Å². The number of nitro benzene ring substituents is 1. The van der Waals surface area contributed by atoms with E-state index < -0.39 is 4.92 Å². The number of non-ortho nitro benzene ring substituents is 1. The van der Waals surface area contributed by atoms with E-state index >= 15 is 0 Å². The van der Waals surface area contributed by atoms with Crippen molar-refractivity contribution in [3.63, 3.8) is 0 Å². The number of hydrogen-bond acceptors (Lipinski definition) is 3. The summed E-state index contributed by atoms with van der Waals surface area (Å²) in [5.41, 5.74) is 0.788. The van der Waals surface area contributed by atoms with Gasteiger partial charge in [0.2, 0.25) is 6.41 Å². The molecule has 0 saturated carbocycles. The van der Waals surface area contributed by atoms with Gasteiger partial charge in [-0.05, 0) is 5.56 Å².